The van der Waals surface area contributed by atoms with Gasteiger partial charge in [0.25, 0.3) is 0 Å². The molecule has 158 valence electrons. The highest BCUT2D eigenvalue weighted by molar-refractivity contribution is 5.94. The van der Waals surface area contributed by atoms with E-state index in [2.05, 4.69) is 52.9 Å². The molecular weight excluding hydrogens is 348 g/mol. The summed E-state index contributed by atoms with van der Waals surface area (Å²) in [5, 5.41) is 13.3. The zero-order valence-corrected chi connectivity index (χ0v) is 18.9. The normalized spacial score (nSPS) is 20.2. The molecule has 0 aromatic rings. The number of nitrogens with one attached hydrogen (secondary N) is 1. The Balaban J connectivity index is 3.03. The van der Waals surface area contributed by atoms with Gasteiger partial charge >= 0.3 is 5.97 Å². The van der Waals surface area contributed by atoms with E-state index in [-0.39, 0.29) is 11.0 Å². The molecule has 2 unspecified atom stereocenters. The maximum atomic E-state index is 12.7. The number of unbranched alkanes of at least 4 members (excludes halogenated alkanes) is 1. The summed E-state index contributed by atoms with van der Waals surface area (Å²) in [7, 11) is 0. The highest BCUT2D eigenvalue weighted by Crippen LogP contribution is 2.37. The van der Waals surface area contributed by atoms with E-state index in [1.54, 1.807) is 0 Å². The number of hydrogen-bond donors (Lipinski definition) is 1. The Labute approximate surface area is 172 Å². The van der Waals surface area contributed by atoms with Gasteiger partial charge in [-0.3, -0.25) is 0 Å². The van der Waals surface area contributed by atoms with Gasteiger partial charge in [-0.1, -0.05) is 53.9 Å². The van der Waals surface area contributed by atoms with E-state index in [0.717, 1.165) is 56.2 Å². The van der Waals surface area contributed by atoms with Crippen LogP contribution in [0, 0.1) is 22.7 Å². The van der Waals surface area contributed by atoms with Gasteiger partial charge in [-0.05, 0) is 62.0 Å². The van der Waals surface area contributed by atoms with E-state index in [0.29, 0.717) is 25.0 Å². The number of esters is 1. The molecule has 0 saturated heterocycles. The molecule has 1 N–H and O–H groups in total. The largest absolute Gasteiger partial charge is 0.461 e. The van der Waals surface area contributed by atoms with Gasteiger partial charge in [-0.25, -0.2) is 4.79 Å². The third kappa shape index (κ3) is 8.09. The van der Waals surface area contributed by atoms with Crippen LogP contribution in [0.2, 0.25) is 0 Å². The molecule has 1 aliphatic carbocycles. The van der Waals surface area contributed by atoms with Gasteiger partial charge < -0.3 is 10.1 Å². The number of nitrogens with zero attached hydrogens (tertiary/aromatic N) is 1. The van der Waals surface area contributed by atoms with Crippen molar-refractivity contribution in [3.05, 3.63) is 22.9 Å². The lowest BCUT2D eigenvalue weighted by Crippen LogP contribution is -2.24. The second-order valence-corrected chi connectivity index (χ2v) is 8.99. The lowest BCUT2D eigenvalue weighted by atomic mass is 9.82. The Morgan fingerprint density at radius 2 is 2.04 bits per heavy atom. The van der Waals surface area contributed by atoms with E-state index < -0.39 is 5.97 Å². The molecule has 0 aromatic heterocycles. The second kappa shape index (κ2) is 11.9. The van der Waals surface area contributed by atoms with Crippen molar-refractivity contribution in [2.75, 3.05) is 6.61 Å². The molecule has 1 rings (SSSR count). The van der Waals surface area contributed by atoms with Crippen molar-refractivity contribution in [1.29, 1.82) is 5.26 Å². The molecule has 28 heavy (non-hydrogen) atoms. The van der Waals surface area contributed by atoms with Crippen LogP contribution in [0.1, 0.15) is 92.9 Å². The van der Waals surface area contributed by atoms with Crippen LogP contribution in [0.4, 0.5) is 0 Å². The molecule has 0 heterocycles. The van der Waals surface area contributed by atoms with Crippen molar-refractivity contribution in [3.8, 4) is 6.07 Å². The number of hydrogen-bond acceptors (Lipinski definition) is 4. The molecule has 0 saturated carbocycles. The first-order valence-electron chi connectivity index (χ1n) is 11.0. The molecule has 0 bridgehead atoms. The van der Waals surface area contributed by atoms with Gasteiger partial charge in [-0.15, -0.1) is 0 Å². The fourth-order valence-electron chi connectivity index (χ4n) is 3.52. The van der Waals surface area contributed by atoms with E-state index in [1.807, 2.05) is 6.08 Å². The number of rotatable bonds is 10. The summed E-state index contributed by atoms with van der Waals surface area (Å²) in [5.41, 5.74) is 2.14. The van der Waals surface area contributed by atoms with Crippen LogP contribution in [0.25, 0.3) is 0 Å². The average Bonchev–Trinajstić information content (AvgIpc) is 2.80. The minimum absolute atomic E-state index is 0.0418. The molecule has 0 fully saturated rings. The van der Waals surface area contributed by atoms with Crippen LogP contribution in [0.15, 0.2) is 22.9 Å². The maximum Gasteiger partial charge on any atom is 0.349 e. The van der Waals surface area contributed by atoms with Gasteiger partial charge in [0.15, 0.2) is 0 Å². The van der Waals surface area contributed by atoms with E-state index in [1.165, 1.54) is 0 Å². The highest BCUT2D eigenvalue weighted by Gasteiger charge is 2.27. The fourth-order valence-corrected chi connectivity index (χ4v) is 3.52. The predicted octanol–water partition coefficient (Wildman–Crippen LogP) is 6.05. The molecule has 0 amide bonds. The third-order valence-corrected chi connectivity index (χ3v) is 5.76. The monoisotopic (exact) mass is 388 g/mol. The minimum atomic E-state index is -0.468. The summed E-state index contributed by atoms with van der Waals surface area (Å²) in [4.78, 5) is 12.7. The third-order valence-electron chi connectivity index (χ3n) is 5.76. The first kappa shape index (κ1) is 24.3. The Bertz CT molecular complexity index is 611. The first-order valence-corrected chi connectivity index (χ1v) is 11.0. The molecule has 2 atom stereocenters. The standard InChI is InChI=1S/C24H40N2O2/c1-7-10-11-19(9-3)17-28-23(27)22(16-25)20-14-21(26-18(4)8-2)12-13-24(5,6)15-20/h14,18-19,26H,7-13,15,17H2,1-6H3/b22-20+. The Morgan fingerprint density at radius 3 is 2.61 bits per heavy atom. The van der Waals surface area contributed by atoms with Crippen molar-refractivity contribution < 1.29 is 9.53 Å². The van der Waals surface area contributed by atoms with Crippen LogP contribution in [-0.4, -0.2) is 18.6 Å². The predicted molar refractivity (Wildman–Crippen MR) is 116 cm³/mol. The molecule has 4 nitrogen and oxygen atoms in total. The molecule has 0 radical (unpaired) electrons. The molecular formula is C24H40N2O2. The summed E-state index contributed by atoms with van der Waals surface area (Å²) in [5.74, 6) is -0.0955. The van der Waals surface area contributed by atoms with Crippen LogP contribution < -0.4 is 5.32 Å². The zero-order valence-electron chi connectivity index (χ0n) is 18.9. The first-order chi connectivity index (χ1) is 13.3. The van der Waals surface area contributed by atoms with Crippen LogP contribution in [-0.2, 0) is 9.53 Å². The SMILES string of the molecule is CCCCC(CC)COC(=O)/C(C#N)=C1\C=C(NC(C)CC)CCC(C)(C)C1. The van der Waals surface area contributed by atoms with Crippen molar-refractivity contribution in [1.82, 2.24) is 5.32 Å². The Kier molecular flexibility index (Phi) is 10.4. The number of carbonyl (C=O) groups is 1. The van der Waals surface area contributed by atoms with Gasteiger partial charge in [0.1, 0.15) is 11.6 Å². The summed E-state index contributed by atoms with van der Waals surface area (Å²) in [6.45, 7) is 13.4. The second-order valence-electron chi connectivity index (χ2n) is 8.99. The average molecular weight is 389 g/mol. The number of carbonyl (C=O) groups excluding carboxylic acids is 1. The van der Waals surface area contributed by atoms with Crippen LogP contribution >= 0.6 is 0 Å². The molecule has 4 heteroatoms. The van der Waals surface area contributed by atoms with E-state index in [9.17, 15) is 10.1 Å². The van der Waals surface area contributed by atoms with Crippen LogP contribution in [0.5, 0.6) is 0 Å². The van der Waals surface area contributed by atoms with Crippen molar-refractivity contribution >= 4 is 5.97 Å². The highest BCUT2D eigenvalue weighted by atomic mass is 16.5. The lowest BCUT2D eigenvalue weighted by Gasteiger charge is -2.23. The molecule has 0 aromatic carbocycles. The summed E-state index contributed by atoms with van der Waals surface area (Å²) >= 11 is 0. The van der Waals surface area contributed by atoms with Crippen molar-refractivity contribution in [3.63, 3.8) is 0 Å². The fraction of sp³-hybridized carbons (Fsp3) is 0.750. The van der Waals surface area contributed by atoms with Gasteiger partial charge in [0.2, 0.25) is 0 Å². The van der Waals surface area contributed by atoms with E-state index in [4.69, 9.17) is 4.74 Å². The number of allylic oxidation sites excluding steroid dienone is 3. The van der Waals surface area contributed by atoms with Gasteiger partial charge in [0.05, 0.1) is 6.61 Å². The van der Waals surface area contributed by atoms with Gasteiger partial charge in [-0.2, -0.15) is 5.26 Å². The van der Waals surface area contributed by atoms with E-state index >= 15 is 0 Å². The molecule has 0 spiro atoms. The zero-order chi connectivity index (χ0) is 21.2. The Hall–Kier alpha value is -1.76. The lowest BCUT2D eigenvalue weighted by molar-refractivity contribution is -0.140. The summed E-state index contributed by atoms with van der Waals surface area (Å²) < 4.78 is 5.58. The smallest absolute Gasteiger partial charge is 0.349 e. The van der Waals surface area contributed by atoms with Crippen molar-refractivity contribution in [2.24, 2.45) is 11.3 Å². The topological polar surface area (TPSA) is 62.1 Å². The molecule has 0 aliphatic heterocycles. The minimum Gasteiger partial charge on any atom is -0.461 e. The molecule has 1 aliphatic rings. The summed E-state index contributed by atoms with van der Waals surface area (Å²) in [6.07, 6.45) is 10.1. The number of nitriles is 1. The Morgan fingerprint density at radius 1 is 1.32 bits per heavy atom. The summed E-state index contributed by atoms with van der Waals surface area (Å²) in [6, 6.07) is 2.51. The van der Waals surface area contributed by atoms with Gasteiger partial charge in [0, 0.05) is 11.7 Å². The van der Waals surface area contributed by atoms with Crippen LogP contribution in [0.3, 0.4) is 0 Å². The maximum absolute atomic E-state index is 12.7. The van der Waals surface area contributed by atoms with Crippen molar-refractivity contribution in [2.45, 2.75) is 99.0 Å². The quantitative estimate of drug-likeness (QED) is 0.281. The number of ether oxygens (including phenoxy) is 1.